The second-order valence-corrected chi connectivity index (χ2v) is 4.66. The van der Waals surface area contributed by atoms with Gasteiger partial charge in [0, 0.05) is 0 Å². The number of halogens is 3. The third-order valence-corrected chi connectivity index (χ3v) is 2.44. The summed E-state index contributed by atoms with van der Waals surface area (Å²) in [4.78, 5) is 19.2. The molecule has 0 spiro atoms. The van der Waals surface area contributed by atoms with Crippen LogP contribution in [0, 0.1) is 0 Å². The number of hydrogen-bond acceptors (Lipinski definition) is 3. The van der Waals surface area contributed by atoms with Crippen LogP contribution in [-0.2, 0) is 4.79 Å². The Morgan fingerprint density at radius 2 is 2.29 bits per heavy atom. The van der Waals surface area contributed by atoms with Gasteiger partial charge >= 0.3 is 0 Å². The first-order valence-corrected chi connectivity index (χ1v) is 5.66. The average molecular weight is 343 g/mol. The predicted molar refractivity (Wildman–Crippen MR) is 61.4 cm³/mol. The normalized spacial score (nSPS) is 12.3. The minimum atomic E-state index is -0.604. The van der Waals surface area contributed by atoms with E-state index in [1.807, 2.05) is 0 Å². The maximum Gasteiger partial charge on any atom is 0.243 e. The maximum absolute atomic E-state index is 11.2. The molecule has 0 aliphatic carbocycles. The molecule has 0 radical (unpaired) electrons. The molecule has 0 bridgehead atoms. The highest BCUT2D eigenvalue weighted by Crippen LogP contribution is 2.19. The first-order chi connectivity index (χ1) is 6.50. The minimum absolute atomic E-state index is 0.316. The number of hydrogen-bond donors (Lipinski definition) is 1. The quantitative estimate of drug-likeness (QED) is 0.840. The zero-order valence-electron chi connectivity index (χ0n) is 7.09. The Hall–Kier alpha value is -0.200. The van der Waals surface area contributed by atoms with Crippen molar-refractivity contribution in [3.8, 4) is 0 Å². The van der Waals surface area contributed by atoms with E-state index >= 15 is 0 Å². The Morgan fingerprint density at radius 3 is 2.79 bits per heavy atom. The molecule has 1 rings (SSSR count). The number of carbonyl (C=O) groups excluding carboxylic acids is 1. The highest BCUT2D eigenvalue weighted by molar-refractivity contribution is 9.11. The Morgan fingerprint density at radius 1 is 1.64 bits per heavy atom. The van der Waals surface area contributed by atoms with Crippen LogP contribution in [0.5, 0.6) is 0 Å². The molecule has 1 N–H and O–H groups in total. The van der Waals surface area contributed by atoms with Crippen molar-refractivity contribution >= 4 is 55.2 Å². The van der Waals surface area contributed by atoms with E-state index in [9.17, 15) is 4.79 Å². The van der Waals surface area contributed by atoms with Crippen LogP contribution in [0.15, 0.2) is 15.4 Å². The van der Waals surface area contributed by atoms with Gasteiger partial charge in [0.05, 0.1) is 6.20 Å². The Labute approximate surface area is 103 Å². The van der Waals surface area contributed by atoms with Gasteiger partial charge in [-0.2, -0.15) is 0 Å². The van der Waals surface area contributed by atoms with Gasteiger partial charge in [0.15, 0.2) is 5.82 Å². The van der Waals surface area contributed by atoms with Gasteiger partial charge in [0.25, 0.3) is 0 Å². The molecule has 0 aliphatic rings. The van der Waals surface area contributed by atoms with Crippen molar-refractivity contribution in [3.63, 3.8) is 0 Å². The summed E-state index contributed by atoms with van der Waals surface area (Å²) in [5, 5.41) is 1.92. The van der Waals surface area contributed by atoms with Crippen LogP contribution >= 0.6 is 43.5 Å². The summed E-state index contributed by atoms with van der Waals surface area (Å²) in [6, 6.07) is 0. The fourth-order valence-corrected chi connectivity index (χ4v) is 1.61. The number of aromatic nitrogens is 2. The average Bonchev–Trinajstić information content (AvgIpc) is 2.09. The summed E-state index contributed by atoms with van der Waals surface area (Å²) < 4.78 is 1.04. The Balaban J connectivity index is 2.82. The lowest BCUT2D eigenvalue weighted by Gasteiger charge is -2.06. The largest absolute Gasteiger partial charge is 0.307 e. The van der Waals surface area contributed by atoms with E-state index in [-0.39, 0.29) is 5.91 Å². The van der Waals surface area contributed by atoms with Crippen LogP contribution in [-0.4, -0.2) is 21.3 Å². The van der Waals surface area contributed by atoms with Crippen molar-refractivity contribution in [3.05, 3.63) is 15.4 Å². The lowest BCUT2D eigenvalue weighted by Crippen LogP contribution is -2.21. The molecule has 0 saturated carbocycles. The monoisotopic (exact) mass is 341 g/mol. The molecule has 4 nitrogen and oxygen atoms in total. The molecule has 0 aliphatic heterocycles. The molecule has 0 saturated heterocycles. The molecule has 76 valence electrons. The lowest BCUT2D eigenvalue weighted by molar-refractivity contribution is -0.115. The van der Waals surface area contributed by atoms with Gasteiger partial charge in [0.1, 0.15) is 14.6 Å². The molecule has 1 unspecified atom stereocenters. The van der Waals surface area contributed by atoms with Gasteiger partial charge in [-0.1, -0.05) is 0 Å². The van der Waals surface area contributed by atoms with E-state index in [2.05, 4.69) is 47.1 Å². The first-order valence-electron chi connectivity index (χ1n) is 3.63. The number of amides is 1. The number of rotatable bonds is 2. The predicted octanol–water partition coefficient (Wildman–Crippen LogP) is 2.57. The van der Waals surface area contributed by atoms with E-state index in [0.717, 1.165) is 0 Å². The summed E-state index contributed by atoms with van der Waals surface area (Å²) in [7, 11) is 0. The van der Waals surface area contributed by atoms with Gasteiger partial charge in [0.2, 0.25) is 5.91 Å². The third-order valence-electron chi connectivity index (χ3n) is 1.30. The second-order valence-electron chi connectivity index (χ2n) is 2.44. The standard InChI is InChI=1S/C7H6Br2ClN3O/c1-3(10)7(14)13-6-5(9)12-4(8)2-11-6/h2-3H,1H3,(H,11,13,14). The molecule has 0 fully saturated rings. The number of alkyl halides is 1. The van der Waals surface area contributed by atoms with Crippen molar-refractivity contribution < 1.29 is 4.79 Å². The van der Waals surface area contributed by atoms with Gasteiger partial charge in [-0.05, 0) is 38.8 Å². The fraction of sp³-hybridized carbons (Fsp3) is 0.286. The third kappa shape index (κ3) is 3.18. The summed E-state index contributed by atoms with van der Waals surface area (Å²) in [6.07, 6.45) is 1.49. The zero-order chi connectivity index (χ0) is 10.7. The van der Waals surface area contributed by atoms with Crippen molar-refractivity contribution in [1.29, 1.82) is 0 Å². The molecule has 1 aromatic heterocycles. The van der Waals surface area contributed by atoms with Gasteiger partial charge in [-0.25, -0.2) is 9.97 Å². The molecule has 7 heteroatoms. The van der Waals surface area contributed by atoms with E-state index in [1.54, 1.807) is 6.92 Å². The minimum Gasteiger partial charge on any atom is -0.307 e. The topological polar surface area (TPSA) is 54.9 Å². The van der Waals surface area contributed by atoms with Gasteiger partial charge in [-0.3, -0.25) is 4.79 Å². The summed E-state index contributed by atoms with van der Waals surface area (Å²) in [6.45, 7) is 1.58. The molecule has 1 amide bonds. The summed E-state index contributed by atoms with van der Waals surface area (Å²) in [5.41, 5.74) is 0. The van der Waals surface area contributed by atoms with Crippen LogP contribution in [0.4, 0.5) is 5.82 Å². The van der Waals surface area contributed by atoms with Crippen molar-refractivity contribution in [2.75, 3.05) is 5.32 Å². The molecular weight excluding hydrogens is 337 g/mol. The van der Waals surface area contributed by atoms with E-state index in [0.29, 0.717) is 15.0 Å². The van der Waals surface area contributed by atoms with Crippen molar-refractivity contribution in [2.24, 2.45) is 0 Å². The Kier molecular flexibility index (Phi) is 4.28. The summed E-state index contributed by atoms with van der Waals surface area (Å²) in [5.74, 6) is 0.0367. The Bertz CT molecular complexity index is 359. The molecular formula is C7H6Br2ClN3O. The second kappa shape index (κ2) is 5.04. The van der Waals surface area contributed by atoms with Crippen molar-refractivity contribution in [2.45, 2.75) is 12.3 Å². The first kappa shape index (κ1) is 11.9. The highest BCUT2D eigenvalue weighted by atomic mass is 79.9. The lowest BCUT2D eigenvalue weighted by atomic mass is 10.4. The highest BCUT2D eigenvalue weighted by Gasteiger charge is 2.12. The van der Waals surface area contributed by atoms with E-state index in [1.165, 1.54) is 6.20 Å². The zero-order valence-corrected chi connectivity index (χ0v) is 11.0. The van der Waals surface area contributed by atoms with Crippen LogP contribution in [0.2, 0.25) is 0 Å². The number of carbonyl (C=O) groups is 1. The molecule has 14 heavy (non-hydrogen) atoms. The van der Waals surface area contributed by atoms with Crippen LogP contribution in [0.25, 0.3) is 0 Å². The van der Waals surface area contributed by atoms with Crippen LogP contribution < -0.4 is 5.32 Å². The van der Waals surface area contributed by atoms with Crippen molar-refractivity contribution in [1.82, 2.24) is 9.97 Å². The van der Waals surface area contributed by atoms with E-state index in [4.69, 9.17) is 11.6 Å². The summed E-state index contributed by atoms with van der Waals surface area (Å²) >= 11 is 11.9. The molecule has 1 heterocycles. The number of nitrogens with zero attached hydrogens (tertiary/aromatic N) is 2. The van der Waals surface area contributed by atoms with Crippen LogP contribution in [0.3, 0.4) is 0 Å². The smallest absolute Gasteiger partial charge is 0.243 e. The fourth-order valence-electron chi connectivity index (χ4n) is 0.647. The van der Waals surface area contributed by atoms with Gasteiger partial charge < -0.3 is 5.32 Å². The SMILES string of the molecule is CC(Cl)C(=O)Nc1ncc(Br)nc1Br. The van der Waals surface area contributed by atoms with Crippen LogP contribution in [0.1, 0.15) is 6.92 Å². The molecule has 0 aromatic carbocycles. The number of anilines is 1. The molecule has 1 atom stereocenters. The van der Waals surface area contributed by atoms with E-state index < -0.39 is 5.38 Å². The maximum atomic E-state index is 11.2. The molecule has 1 aromatic rings. The van der Waals surface area contributed by atoms with Gasteiger partial charge in [-0.15, -0.1) is 11.6 Å². The number of nitrogens with one attached hydrogen (secondary N) is 1.